The lowest BCUT2D eigenvalue weighted by atomic mass is 10.3. The molecule has 0 saturated heterocycles. The van der Waals surface area contributed by atoms with Crippen LogP contribution in [0.5, 0.6) is 11.5 Å². The van der Waals surface area contributed by atoms with E-state index in [2.05, 4.69) is 15.3 Å². The van der Waals surface area contributed by atoms with Gasteiger partial charge in [-0.05, 0) is 43.3 Å². The van der Waals surface area contributed by atoms with E-state index in [0.29, 0.717) is 11.6 Å². The summed E-state index contributed by atoms with van der Waals surface area (Å²) < 4.78 is 10.5. The molecule has 0 aliphatic heterocycles. The molecule has 3 aromatic rings. The van der Waals surface area contributed by atoms with E-state index in [-0.39, 0.29) is 18.6 Å². The zero-order valence-corrected chi connectivity index (χ0v) is 13.6. The van der Waals surface area contributed by atoms with Gasteiger partial charge >= 0.3 is 0 Å². The summed E-state index contributed by atoms with van der Waals surface area (Å²) in [6, 6.07) is 14.6. The lowest BCUT2D eigenvalue weighted by Gasteiger charge is -2.12. The van der Waals surface area contributed by atoms with Gasteiger partial charge in [-0.2, -0.15) is 0 Å². The number of nitrogens with one attached hydrogen (secondary N) is 2. The molecule has 2 aromatic carbocycles. The van der Waals surface area contributed by atoms with Crippen molar-refractivity contribution in [1.82, 2.24) is 15.3 Å². The first-order chi connectivity index (χ1) is 11.7. The predicted molar refractivity (Wildman–Crippen MR) is 91.1 cm³/mol. The first kappa shape index (κ1) is 15.9. The van der Waals surface area contributed by atoms with Gasteiger partial charge in [-0.15, -0.1) is 0 Å². The smallest absolute Gasteiger partial charge is 0.258 e. The molecule has 0 fully saturated rings. The predicted octanol–water partition coefficient (Wildman–Crippen LogP) is 2.83. The van der Waals surface area contributed by atoms with Gasteiger partial charge in [0.15, 0.2) is 6.61 Å². The number of imidazole rings is 1. The number of para-hydroxylation sites is 2. The van der Waals surface area contributed by atoms with Crippen molar-refractivity contribution in [3.8, 4) is 11.5 Å². The second-order valence-corrected chi connectivity index (χ2v) is 5.39. The average Bonchev–Trinajstić information content (AvgIpc) is 3.05. The molecule has 0 radical (unpaired) electrons. The van der Waals surface area contributed by atoms with Gasteiger partial charge in [0.05, 0.1) is 24.2 Å². The number of hydrogen-bond acceptors (Lipinski definition) is 4. The molecule has 1 heterocycles. The molecule has 1 aromatic heterocycles. The van der Waals surface area contributed by atoms with Crippen molar-refractivity contribution in [3.63, 3.8) is 0 Å². The fourth-order valence-corrected chi connectivity index (χ4v) is 2.35. The number of fused-ring (bicyclic) bond motifs is 1. The third-order valence-corrected chi connectivity index (χ3v) is 3.62. The first-order valence-electron chi connectivity index (χ1n) is 7.66. The third kappa shape index (κ3) is 3.65. The summed E-state index contributed by atoms with van der Waals surface area (Å²) in [5.74, 6) is 1.86. The van der Waals surface area contributed by atoms with Gasteiger partial charge in [-0.3, -0.25) is 4.79 Å². The number of amides is 1. The standard InChI is InChI=1S/C18H19N3O3/c1-12(18-20-15-5-3-4-6-16(15)21-18)19-17(22)11-24-14-9-7-13(23-2)8-10-14/h3-10,12H,11H2,1-2H3,(H,19,22)(H,20,21). The van der Waals surface area contributed by atoms with Crippen LogP contribution in [-0.2, 0) is 4.79 Å². The number of hydrogen-bond donors (Lipinski definition) is 2. The number of methoxy groups -OCH3 is 1. The van der Waals surface area contributed by atoms with Gasteiger partial charge in [-0.25, -0.2) is 4.98 Å². The Morgan fingerprint density at radius 3 is 2.58 bits per heavy atom. The average molecular weight is 325 g/mol. The molecule has 1 atom stereocenters. The number of H-pyrrole nitrogens is 1. The summed E-state index contributed by atoms with van der Waals surface area (Å²) in [4.78, 5) is 19.7. The SMILES string of the molecule is COc1ccc(OCC(=O)NC(C)c2nc3ccccc3[nH]2)cc1. The molecule has 1 unspecified atom stereocenters. The Kier molecular flexibility index (Phi) is 4.65. The molecular formula is C18H19N3O3. The zero-order chi connectivity index (χ0) is 16.9. The number of carbonyl (C=O) groups is 1. The Morgan fingerprint density at radius 2 is 1.88 bits per heavy atom. The monoisotopic (exact) mass is 325 g/mol. The normalized spacial score (nSPS) is 11.9. The Hall–Kier alpha value is -3.02. The topological polar surface area (TPSA) is 76.2 Å². The van der Waals surface area contributed by atoms with Crippen LogP contribution in [0.15, 0.2) is 48.5 Å². The van der Waals surface area contributed by atoms with Crippen LogP contribution in [0, 0.1) is 0 Å². The largest absolute Gasteiger partial charge is 0.497 e. The van der Waals surface area contributed by atoms with Crippen LogP contribution in [-0.4, -0.2) is 29.6 Å². The van der Waals surface area contributed by atoms with Crippen LogP contribution >= 0.6 is 0 Å². The molecule has 124 valence electrons. The number of aromatic amines is 1. The number of aromatic nitrogens is 2. The molecule has 6 heteroatoms. The lowest BCUT2D eigenvalue weighted by Crippen LogP contribution is -2.31. The summed E-state index contributed by atoms with van der Waals surface area (Å²) in [6.45, 7) is 1.82. The van der Waals surface area contributed by atoms with Crippen LogP contribution in [0.25, 0.3) is 11.0 Å². The highest BCUT2D eigenvalue weighted by atomic mass is 16.5. The third-order valence-electron chi connectivity index (χ3n) is 3.62. The summed E-state index contributed by atoms with van der Waals surface area (Å²) >= 11 is 0. The Morgan fingerprint density at radius 1 is 1.17 bits per heavy atom. The van der Waals surface area contributed by atoms with Crippen molar-refractivity contribution in [1.29, 1.82) is 0 Å². The minimum absolute atomic E-state index is 0.0586. The Bertz CT molecular complexity index is 794. The number of benzene rings is 2. The number of nitrogens with zero attached hydrogens (tertiary/aromatic N) is 1. The Balaban J connectivity index is 1.55. The van der Waals surface area contributed by atoms with Crippen molar-refractivity contribution in [3.05, 3.63) is 54.4 Å². The maximum atomic E-state index is 12.0. The molecule has 2 N–H and O–H groups in total. The van der Waals surface area contributed by atoms with Gasteiger partial charge in [-0.1, -0.05) is 12.1 Å². The van der Waals surface area contributed by atoms with Crippen LogP contribution in [0.2, 0.25) is 0 Å². The van der Waals surface area contributed by atoms with Gasteiger partial charge in [0.2, 0.25) is 0 Å². The maximum absolute atomic E-state index is 12.0. The van der Waals surface area contributed by atoms with E-state index >= 15 is 0 Å². The summed E-state index contributed by atoms with van der Waals surface area (Å²) in [6.07, 6.45) is 0. The summed E-state index contributed by atoms with van der Waals surface area (Å²) in [7, 11) is 1.60. The molecule has 1 amide bonds. The molecular weight excluding hydrogens is 306 g/mol. The highest BCUT2D eigenvalue weighted by molar-refractivity contribution is 5.78. The quantitative estimate of drug-likeness (QED) is 0.731. The second kappa shape index (κ2) is 7.04. The fourth-order valence-electron chi connectivity index (χ4n) is 2.35. The van der Waals surface area contributed by atoms with E-state index in [9.17, 15) is 4.79 Å². The van der Waals surface area contributed by atoms with E-state index in [1.807, 2.05) is 31.2 Å². The van der Waals surface area contributed by atoms with Crippen LogP contribution in [0.1, 0.15) is 18.8 Å². The molecule has 0 spiro atoms. The van der Waals surface area contributed by atoms with E-state index < -0.39 is 0 Å². The minimum Gasteiger partial charge on any atom is -0.497 e. The van der Waals surface area contributed by atoms with Gasteiger partial charge in [0.1, 0.15) is 17.3 Å². The number of carbonyl (C=O) groups excluding carboxylic acids is 1. The molecule has 0 bridgehead atoms. The van der Waals surface area contributed by atoms with Crippen molar-refractivity contribution < 1.29 is 14.3 Å². The summed E-state index contributed by atoms with van der Waals surface area (Å²) in [5, 5.41) is 2.87. The van der Waals surface area contributed by atoms with Crippen LogP contribution in [0.4, 0.5) is 0 Å². The van der Waals surface area contributed by atoms with Gasteiger partial charge < -0.3 is 19.8 Å². The molecule has 0 aliphatic carbocycles. The van der Waals surface area contributed by atoms with E-state index in [0.717, 1.165) is 16.8 Å². The zero-order valence-electron chi connectivity index (χ0n) is 13.6. The van der Waals surface area contributed by atoms with Gasteiger partial charge in [0.25, 0.3) is 5.91 Å². The number of rotatable bonds is 6. The first-order valence-corrected chi connectivity index (χ1v) is 7.66. The highest BCUT2D eigenvalue weighted by Gasteiger charge is 2.13. The van der Waals surface area contributed by atoms with Crippen molar-refractivity contribution >= 4 is 16.9 Å². The molecule has 0 saturated carbocycles. The van der Waals surface area contributed by atoms with Crippen LogP contribution in [0.3, 0.4) is 0 Å². The van der Waals surface area contributed by atoms with E-state index in [1.54, 1.807) is 31.4 Å². The molecule has 6 nitrogen and oxygen atoms in total. The van der Waals surface area contributed by atoms with E-state index in [1.165, 1.54) is 0 Å². The molecule has 0 aliphatic rings. The van der Waals surface area contributed by atoms with Crippen molar-refractivity contribution in [2.45, 2.75) is 13.0 Å². The Labute approximate surface area is 139 Å². The van der Waals surface area contributed by atoms with E-state index in [4.69, 9.17) is 9.47 Å². The summed E-state index contributed by atoms with van der Waals surface area (Å²) in [5.41, 5.74) is 1.83. The minimum atomic E-state index is -0.232. The molecule has 24 heavy (non-hydrogen) atoms. The van der Waals surface area contributed by atoms with Gasteiger partial charge in [0, 0.05) is 0 Å². The highest BCUT2D eigenvalue weighted by Crippen LogP contribution is 2.17. The van der Waals surface area contributed by atoms with Crippen LogP contribution < -0.4 is 14.8 Å². The fraction of sp³-hybridized carbons (Fsp3) is 0.222. The lowest BCUT2D eigenvalue weighted by molar-refractivity contribution is -0.123. The maximum Gasteiger partial charge on any atom is 0.258 e. The van der Waals surface area contributed by atoms with Crippen molar-refractivity contribution in [2.24, 2.45) is 0 Å². The molecule has 3 rings (SSSR count). The second-order valence-electron chi connectivity index (χ2n) is 5.39. The number of ether oxygens (including phenoxy) is 2. The van der Waals surface area contributed by atoms with Crippen molar-refractivity contribution in [2.75, 3.05) is 13.7 Å².